The van der Waals surface area contributed by atoms with Crippen LogP contribution in [-0.4, -0.2) is 24.2 Å². The van der Waals surface area contributed by atoms with Gasteiger partial charge in [0.05, 0.1) is 6.10 Å². The molecule has 2 rings (SSSR count). The molecule has 0 saturated carbocycles. The topological polar surface area (TPSA) is 64.6 Å². The van der Waals surface area contributed by atoms with E-state index in [-0.39, 0.29) is 12.7 Å². The van der Waals surface area contributed by atoms with Crippen LogP contribution in [0.5, 0.6) is 0 Å². The second kappa shape index (κ2) is 10.2. The van der Waals surface area contributed by atoms with Crippen molar-refractivity contribution in [1.82, 2.24) is 5.32 Å². The molecule has 0 aliphatic heterocycles. The fourth-order valence-corrected chi connectivity index (χ4v) is 2.63. The van der Waals surface area contributed by atoms with Gasteiger partial charge in [0.25, 0.3) is 0 Å². The fraction of sp³-hybridized carbons (Fsp3) is 0.300. The smallest absolute Gasteiger partial charge is 0.408 e. The second-order valence-corrected chi connectivity index (χ2v) is 7.32. The molecule has 0 spiro atoms. The van der Waals surface area contributed by atoms with E-state index >= 15 is 0 Å². The van der Waals surface area contributed by atoms with E-state index in [4.69, 9.17) is 9.47 Å². The van der Waals surface area contributed by atoms with Crippen LogP contribution in [0.25, 0.3) is 0 Å². The van der Waals surface area contributed by atoms with E-state index in [1.807, 2.05) is 54.6 Å². The van der Waals surface area contributed by atoms with E-state index in [1.165, 1.54) is 0 Å². The summed E-state index contributed by atoms with van der Waals surface area (Å²) in [5.74, 6) is -0.477. The molecule has 2 aromatic rings. The van der Waals surface area contributed by atoms with Gasteiger partial charge in [-0.2, -0.15) is 0 Å². The van der Waals surface area contributed by atoms with Gasteiger partial charge >= 0.3 is 12.1 Å². The van der Waals surface area contributed by atoms with Crippen LogP contribution in [0.2, 0.25) is 0 Å². The Hall–Kier alpha value is -2.09. The van der Waals surface area contributed by atoms with Crippen LogP contribution in [-0.2, 0) is 27.3 Å². The van der Waals surface area contributed by atoms with Crippen molar-refractivity contribution in [2.45, 2.75) is 39.0 Å². The first kappa shape index (κ1) is 20.2. The number of nitrogens with one attached hydrogen (secondary N) is 1. The normalized spacial score (nSPS) is 11.7. The molecular weight excluding hydrogens is 445 g/mol. The highest BCUT2D eigenvalue weighted by Gasteiger charge is 2.24. The van der Waals surface area contributed by atoms with Crippen molar-refractivity contribution < 1.29 is 19.1 Å². The van der Waals surface area contributed by atoms with Gasteiger partial charge in [-0.25, -0.2) is 9.59 Å². The summed E-state index contributed by atoms with van der Waals surface area (Å²) in [5, 5.41) is 2.62. The molecule has 0 heterocycles. The Labute approximate surface area is 167 Å². The van der Waals surface area contributed by atoms with Gasteiger partial charge in [0.15, 0.2) is 0 Å². The third kappa shape index (κ3) is 7.03. The van der Waals surface area contributed by atoms with Gasteiger partial charge in [0.1, 0.15) is 12.6 Å². The monoisotopic (exact) mass is 467 g/mol. The number of esters is 1. The van der Waals surface area contributed by atoms with Crippen molar-refractivity contribution >= 4 is 34.7 Å². The minimum Gasteiger partial charge on any atom is -0.461 e. The first-order valence-corrected chi connectivity index (χ1v) is 9.44. The summed E-state index contributed by atoms with van der Waals surface area (Å²) in [6, 6.07) is 16.3. The van der Waals surface area contributed by atoms with Crippen molar-refractivity contribution in [3.05, 3.63) is 69.3 Å². The Balaban J connectivity index is 1.99. The van der Waals surface area contributed by atoms with Crippen molar-refractivity contribution in [3.8, 4) is 0 Å². The summed E-state index contributed by atoms with van der Waals surface area (Å²) in [6.45, 7) is 3.68. The minimum absolute atomic E-state index is 0.141. The highest BCUT2D eigenvalue weighted by atomic mass is 127. The molecule has 1 atom stereocenters. The summed E-state index contributed by atoms with van der Waals surface area (Å²) in [7, 11) is 0. The zero-order chi connectivity index (χ0) is 18.9. The van der Waals surface area contributed by atoms with E-state index < -0.39 is 18.1 Å². The van der Waals surface area contributed by atoms with Crippen LogP contribution in [0.1, 0.15) is 25.0 Å². The number of hydrogen-bond donors (Lipinski definition) is 1. The van der Waals surface area contributed by atoms with Crippen LogP contribution in [0, 0.1) is 3.57 Å². The molecule has 0 saturated heterocycles. The lowest BCUT2D eigenvalue weighted by Crippen LogP contribution is -2.44. The van der Waals surface area contributed by atoms with Gasteiger partial charge in [-0.05, 0) is 59.7 Å². The maximum atomic E-state index is 12.3. The number of amides is 1. The molecule has 0 fully saturated rings. The first-order valence-electron chi connectivity index (χ1n) is 8.36. The highest BCUT2D eigenvalue weighted by Crippen LogP contribution is 2.11. The van der Waals surface area contributed by atoms with Crippen LogP contribution in [0.15, 0.2) is 54.6 Å². The highest BCUT2D eigenvalue weighted by molar-refractivity contribution is 14.1. The molecule has 26 heavy (non-hydrogen) atoms. The fourth-order valence-electron chi connectivity index (χ4n) is 2.27. The molecule has 0 aliphatic carbocycles. The number of carbonyl (C=O) groups excluding carboxylic acids is 2. The van der Waals surface area contributed by atoms with Gasteiger partial charge < -0.3 is 14.8 Å². The lowest BCUT2D eigenvalue weighted by molar-refractivity contribution is -0.149. The first-order chi connectivity index (χ1) is 12.4. The standard InChI is InChI=1S/C20H22INO4/c1-14(2)26-19(23)18(12-15-8-10-17(21)11-9-15)22-20(24)25-13-16-6-4-3-5-7-16/h3-11,14,18H,12-13H2,1-2H3,(H,22,24)/t18-/m0/s1. The molecule has 0 radical (unpaired) electrons. The minimum atomic E-state index is -0.805. The summed E-state index contributed by atoms with van der Waals surface area (Å²) in [5.41, 5.74) is 1.81. The number of hydrogen-bond acceptors (Lipinski definition) is 4. The largest absolute Gasteiger partial charge is 0.461 e. The van der Waals surface area contributed by atoms with Crippen LogP contribution >= 0.6 is 22.6 Å². The molecule has 0 bridgehead atoms. The van der Waals surface area contributed by atoms with Gasteiger partial charge in [-0.15, -0.1) is 0 Å². The number of alkyl carbamates (subject to hydrolysis) is 1. The lowest BCUT2D eigenvalue weighted by Gasteiger charge is -2.19. The van der Waals surface area contributed by atoms with Crippen LogP contribution in [0.3, 0.4) is 0 Å². The van der Waals surface area contributed by atoms with E-state index in [0.29, 0.717) is 6.42 Å². The van der Waals surface area contributed by atoms with Crippen LogP contribution < -0.4 is 5.32 Å². The Kier molecular flexibility index (Phi) is 7.90. The zero-order valence-corrected chi connectivity index (χ0v) is 16.9. The van der Waals surface area contributed by atoms with Crippen molar-refractivity contribution in [2.24, 2.45) is 0 Å². The number of rotatable bonds is 7. The van der Waals surface area contributed by atoms with E-state index in [0.717, 1.165) is 14.7 Å². The van der Waals surface area contributed by atoms with Crippen molar-refractivity contribution in [1.29, 1.82) is 0 Å². The van der Waals surface area contributed by atoms with Crippen molar-refractivity contribution in [3.63, 3.8) is 0 Å². The summed E-state index contributed by atoms with van der Waals surface area (Å²) < 4.78 is 11.6. The van der Waals surface area contributed by atoms with Gasteiger partial charge in [-0.3, -0.25) is 0 Å². The molecule has 138 valence electrons. The van der Waals surface area contributed by atoms with Crippen LogP contribution in [0.4, 0.5) is 4.79 Å². The number of carbonyl (C=O) groups is 2. The van der Waals surface area contributed by atoms with Gasteiger partial charge in [0.2, 0.25) is 0 Å². The third-order valence-electron chi connectivity index (χ3n) is 3.49. The molecular formula is C20H22INO4. The Bertz CT molecular complexity index is 716. The molecule has 0 unspecified atom stereocenters. The van der Waals surface area contributed by atoms with E-state index in [1.54, 1.807) is 13.8 Å². The Morgan fingerprint density at radius 1 is 1.00 bits per heavy atom. The van der Waals surface area contributed by atoms with E-state index in [2.05, 4.69) is 27.9 Å². The molecule has 6 heteroatoms. The molecule has 0 aliphatic rings. The molecule has 5 nitrogen and oxygen atoms in total. The number of halogens is 1. The third-order valence-corrected chi connectivity index (χ3v) is 4.21. The second-order valence-electron chi connectivity index (χ2n) is 6.07. The average Bonchev–Trinajstić information content (AvgIpc) is 2.61. The van der Waals surface area contributed by atoms with E-state index in [9.17, 15) is 9.59 Å². The summed E-state index contributed by atoms with van der Waals surface area (Å²) >= 11 is 2.21. The van der Waals surface area contributed by atoms with Gasteiger partial charge in [0, 0.05) is 9.99 Å². The average molecular weight is 467 g/mol. The SMILES string of the molecule is CC(C)OC(=O)[C@H](Cc1ccc(I)cc1)NC(=O)OCc1ccccc1. The summed E-state index contributed by atoms with van der Waals surface area (Å²) in [4.78, 5) is 24.5. The number of benzene rings is 2. The number of ether oxygens (including phenoxy) is 2. The Morgan fingerprint density at radius 3 is 2.27 bits per heavy atom. The predicted molar refractivity (Wildman–Crippen MR) is 108 cm³/mol. The molecule has 1 N–H and O–H groups in total. The lowest BCUT2D eigenvalue weighted by atomic mass is 10.1. The Morgan fingerprint density at radius 2 is 1.65 bits per heavy atom. The molecule has 0 aromatic heterocycles. The zero-order valence-electron chi connectivity index (χ0n) is 14.8. The quantitative estimate of drug-likeness (QED) is 0.493. The maximum Gasteiger partial charge on any atom is 0.408 e. The maximum absolute atomic E-state index is 12.3. The predicted octanol–water partition coefficient (Wildman–Crippen LogP) is 4.08. The summed E-state index contributed by atoms with van der Waals surface area (Å²) in [6.07, 6.45) is -0.572. The van der Waals surface area contributed by atoms with Crippen molar-refractivity contribution in [2.75, 3.05) is 0 Å². The molecule has 1 amide bonds. The van der Waals surface area contributed by atoms with Gasteiger partial charge in [-0.1, -0.05) is 42.5 Å². The molecule has 2 aromatic carbocycles.